The first-order valence-electron chi connectivity index (χ1n) is 6.68. The van der Waals surface area contributed by atoms with E-state index in [1.807, 2.05) is 0 Å². The number of benzene rings is 1. The summed E-state index contributed by atoms with van der Waals surface area (Å²) >= 11 is 3.12. The maximum Gasteiger partial charge on any atom is 0.166 e. The molecule has 0 atom stereocenters. The van der Waals surface area contributed by atoms with Crippen LogP contribution < -0.4 is 4.74 Å². The molecule has 1 saturated carbocycles. The molecule has 0 saturated heterocycles. The summed E-state index contributed by atoms with van der Waals surface area (Å²) in [5.74, 6) is 0.423. The van der Waals surface area contributed by atoms with E-state index in [1.165, 1.54) is 38.5 Å². The third-order valence-electron chi connectivity index (χ3n) is 3.74. The number of ketones is 1. The molecule has 1 aromatic carbocycles. The van der Waals surface area contributed by atoms with Crippen molar-refractivity contribution in [3.05, 3.63) is 28.0 Å². The van der Waals surface area contributed by atoms with Crippen molar-refractivity contribution in [2.45, 2.75) is 38.5 Å². The summed E-state index contributed by atoms with van der Waals surface area (Å²) in [4.78, 5) is 12.3. The average Bonchev–Trinajstić information content (AvgIpc) is 2.42. The van der Waals surface area contributed by atoms with Crippen LogP contribution in [0.5, 0.6) is 5.75 Å². The Morgan fingerprint density at radius 2 is 2.05 bits per heavy atom. The van der Waals surface area contributed by atoms with E-state index in [9.17, 15) is 9.18 Å². The smallest absolute Gasteiger partial charge is 0.166 e. The molecule has 0 radical (unpaired) electrons. The van der Waals surface area contributed by atoms with Crippen molar-refractivity contribution in [2.75, 3.05) is 7.11 Å². The first-order chi connectivity index (χ1) is 9.11. The molecule has 1 aliphatic carbocycles. The highest BCUT2D eigenvalue weighted by Crippen LogP contribution is 2.31. The van der Waals surface area contributed by atoms with Gasteiger partial charge in [0, 0.05) is 12.5 Å². The van der Waals surface area contributed by atoms with Gasteiger partial charge in [-0.15, -0.1) is 0 Å². The Morgan fingerprint density at radius 1 is 1.37 bits per heavy atom. The maximum atomic E-state index is 13.4. The maximum absolute atomic E-state index is 13.4. The van der Waals surface area contributed by atoms with Gasteiger partial charge in [-0.3, -0.25) is 4.79 Å². The van der Waals surface area contributed by atoms with Gasteiger partial charge in [-0.05, 0) is 27.9 Å². The molecule has 0 bridgehead atoms. The van der Waals surface area contributed by atoms with Crippen LogP contribution >= 0.6 is 15.9 Å². The number of hydrogen-bond donors (Lipinski definition) is 0. The third kappa shape index (κ3) is 3.56. The largest absolute Gasteiger partial charge is 0.496 e. The molecule has 1 fully saturated rings. The molecule has 1 aliphatic rings. The summed E-state index contributed by atoms with van der Waals surface area (Å²) in [5, 5.41) is 0. The minimum Gasteiger partial charge on any atom is -0.496 e. The Morgan fingerprint density at radius 3 is 2.68 bits per heavy atom. The lowest BCUT2D eigenvalue weighted by Gasteiger charge is -2.21. The summed E-state index contributed by atoms with van der Waals surface area (Å²) in [5.41, 5.74) is 0.473. The first-order valence-corrected chi connectivity index (χ1v) is 7.47. The van der Waals surface area contributed by atoms with Gasteiger partial charge in [0.2, 0.25) is 0 Å². The second kappa shape index (κ2) is 6.51. The number of rotatable bonds is 4. The fourth-order valence-electron chi connectivity index (χ4n) is 2.68. The van der Waals surface area contributed by atoms with Gasteiger partial charge in [0.25, 0.3) is 0 Å². The van der Waals surface area contributed by atoms with Crippen LogP contribution in [0.2, 0.25) is 0 Å². The van der Waals surface area contributed by atoms with E-state index >= 15 is 0 Å². The van der Waals surface area contributed by atoms with Crippen molar-refractivity contribution < 1.29 is 13.9 Å². The average molecular weight is 329 g/mol. The van der Waals surface area contributed by atoms with Crippen molar-refractivity contribution in [2.24, 2.45) is 5.92 Å². The first kappa shape index (κ1) is 14.5. The number of ether oxygens (including phenoxy) is 1. The fourth-order valence-corrected chi connectivity index (χ4v) is 3.02. The minimum absolute atomic E-state index is 0.0458. The van der Waals surface area contributed by atoms with Crippen LogP contribution in [-0.2, 0) is 0 Å². The van der Waals surface area contributed by atoms with Crippen molar-refractivity contribution >= 4 is 21.7 Å². The number of Topliss-reactive ketones (excluding diaryl/α,β-unsaturated/α-hetero) is 1. The van der Waals surface area contributed by atoms with Crippen molar-refractivity contribution in [1.82, 2.24) is 0 Å². The van der Waals surface area contributed by atoms with E-state index < -0.39 is 5.82 Å². The molecule has 104 valence electrons. The van der Waals surface area contributed by atoms with Crippen LogP contribution in [0.3, 0.4) is 0 Å². The van der Waals surface area contributed by atoms with Gasteiger partial charge in [-0.25, -0.2) is 4.39 Å². The van der Waals surface area contributed by atoms with Gasteiger partial charge in [0.1, 0.15) is 11.6 Å². The lowest BCUT2D eigenvalue weighted by molar-refractivity contribution is 0.0947. The molecule has 0 aromatic heterocycles. The highest BCUT2D eigenvalue weighted by molar-refractivity contribution is 9.10. The summed E-state index contributed by atoms with van der Waals surface area (Å²) in [7, 11) is 1.46. The summed E-state index contributed by atoms with van der Waals surface area (Å²) in [6.45, 7) is 0. The molecule has 2 nitrogen and oxygen atoms in total. The van der Waals surface area contributed by atoms with Crippen molar-refractivity contribution in [3.8, 4) is 5.75 Å². The summed E-state index contributed by atoms with van der Waals surface area (Å²) in [6, 6.07) is 2.79. The lowest BCUT2D eigenvalue weighted by Crippen LogP contribution is -2.13. The molecule has 4 heteroatoms. The molecule has 19 heavy (non-hydrogen) atoms. The topological polar surface area (TPSA) is 26.3 Å². The van der Waals surface area contributed by atoms with Gasteiger partial charge in [-0.1, -0.05) is 32.1 Å². The van der Waals surface area contributed by atoms with Gasteiger partial charge < -0.3 is 4.74 Å². The Bertz CT molecular complexity index is 467. The van der Waals surface area contributed by atoms with Crippen LogP contribution in [0.4, 0.5) is 4.39 Å². The minimum atomic E-state index is -0.411. The Kier molecular flexibility index (Phi) is 4.97. The molecule has 0 spiro atoms. The zero-order valence-electron chi connectivity index (χ0n) is 11.0. The van der Waals surface area contributed by atoms with E-state index in [2.05, 4.69) is 15.9 Å². The number of methoxy groups -OCH3 is 1. The zero-order valence-corrected chi connectivity index (χ0v) is 12.6. The molecule has 0 unspecified atom stereocenters. The second-order valence-electron chi connectivity index (χ2n) is 5.10. The molecular formula is C15H18BrFO2. The molecule has 0 amide bonds. The Hall–Kier alpha value is -0.900. The zero-order chi connectivity index (χ0) is 13.8. The molecule has 1 aromatic rings. The monoisotopic (exact) mass is 328 g/mol. The highest BCUT2D eigenvalue weighted by Gasteiger charge is 2.21. The fraction of sp³-hybridized carbons (Fsp3) is 0.533. The number of hydrogen-bond acceptors (Lipinski definition) is 2. The quantitative estimate of drug-likeness (QED) is 0.745. The van der Waals surface area contributed by atoms with Crippen LogP contribution in [-0.4, -0.2) is 12.9 Å². The van der Waals surface area contributed by atoms with Crippen LogP contribution in [0.1, 0.15) is 48.9 Å². The summed E-state index contributed by atoms with van der Waals surface area (Å²) in [6.07, 6.45) is 6.47. The Balaban J connectivity index is 2.15. The summed E-state index contributed by atoms with van der Waals surface area (Å²) < 4.78 is 18.8. The van der Waals surface area contributed by atoms with Gasteiger partial charge in [0.05, 0.1) is 17.1 Å². The molecule has 0 N–H and O–H groups in total. The highest BCUT2D eigenvalue weighted by atomic mass is 79.9. The van der Waals surface area contributed by atoms with E-state index in [0.29, 0.717) is 28.1 Å². The van der Waals surface area contributed by atoms with Gasteiger partial charge in [0.15, 0.2) is 5.78 Å². The van der Waals surface area contributed by atoms with Crippen LogP contribution in [0.25, 0.3) is 0 Å². The number of halogens is 2. The third-order valence-corrected chi connectivity index (χ3v) is 4.35. The van der Waals surface area contributed by atoms with Gasteiger partial charge >= 0.3 is 0 Å². The van der Waals surface area contributed by atoms with E-state index in [4.69, 9.17) is 4.74 Å². The molecular weight excluding hydrogens is 311 g/mol. The normalized spacial score (nSPS) is 16.4. The van der Waals surface area contributed by atoms with E-state index in [1.54, 1.807) is 0 Å². The van der Waals surface area contributed by atoms with Gasteiger partial charge in [-0.2, -0.15) is 0 Å². The number of carbonyl (C=O) groups is 1. The lowest BCUT2D eigenvalue weighted by atomic mass is 9.84. The van der Waals surface area contributed by atoms with Crippen LogP contribution in [0, 0.1) is 11.7 Å². The predicted molar refractivity (Wildman–Crippen MR) is 76.2 cm³/mol. The van der Waals surface area contributed by atoms with Crippen molar-refractivity contribution in [1.29, 1.82) is 0 Å². The molecule has 0 heterocycles. The van der Waals surface area contributed by atoms with Crippen molar-refractivity contribution in [3.63, 3.8) is 0 Å². The number of carbonyl (C=O) groups excluding carboxylic acids is 1. The van der Waals surface area contributed by atoms with E-state index in [-0.39, 0.29) is 5.78 Å². The Labute approximate surface area is 121 Å². The predicted octanol–water partition coefficient (Wildman–Crippen LogP) is 4.75. The molecule has 0 aliphatic heterocycles. The van der Waals surface area contributed by atoms with E-state index in [0.717, 1.165) is 12.8 Å². The standard InChI is InChI=1S/C15H18BrFO2/c1-19-15-9-13(17)12(16)8-11(15)14(18)7-10-5-3-2-4-6-10/h8-10H,2-7H2,1H3. The molecule has 2 rings (SSSR count). The second-order valence-corrected chi connectivity index (χ2v) is 5.95. The van der Waals surface area contributed by atoms with Crippen LogP contribution in [0.15, 0.2) is 16.6 Å². The SMILES string of the molecule is COc1cc(F)c(Br)cc1C(=O)CC1CCCCC1.